The van der Waals surface area contributed by atoms with Crippen LogP contribution in [0.15, 0.2) is 42.6 Å². The second kappa shape index (κ2) is 11.7. The molecule has 32 heavy (non-hydrogen) atoms. The number of carbonyl (C=O) groups excluding carboxylic acids is 1. The molecule has 7 nitrogen and oxygen atoms in total. The molecule has 0 spiro atoms. The number of benzene rings is 1. The third-order valence-corrected chi connectivity index (χ3v) is 6.33. The van der Waals surface area contributed by atoms with Gasteiger partial charge in [0.15, 0.2) is 0 Å². The Kier molecular flexibility index (Phi) is 8.73. The number of amides is 1. The molecule has 1 saturated heterocycles. The van der Waals surface area contributed by atoms with Crippen LogP contribution in [0.3, 0.4) is 0 Å². The average Bonchev–Trinajstić information content (AvgIpc) is 2.82. The van der Waals surface area contributed by atoms with E-state index < -0.39 is 0 Å². The number of nitrogens with two attached hydrogens (primary N) is 1. The molecule has 2 aromatic rings. The normalized spacial score (nSPS) is 15.8. The number of piperidine rings is 1. The topological polar surface area (TPSA) is 83.7 Å². The van der Waals surface area contributed by atoms with Gasteiger partial charge < -0.3 is 20.7 Å². The molecule has 0 bridgehead atoms. The molecule has 3 rings (SSSR count). The highest BCUT2D eigenvalue weighted by Crippen LogP contribution is 2.22. The molecule has 1 aromatic heterocycles. The van der Waals surface area contributed by atoms with Crippen LogP contribution in [0, 0.1) is 5.92 Å². The lowest BCUT2D eigenvalue weighted by atomic mass is 9.95. The SMILES string of the molecule is CCC(CCN(C)C(=O)C1CCN(Cc2ccnc(N)c2)CC1)Nc1ccc(OC)cc1. The van der Waals surface area contributed by atoms with Crippen molar-refractivity contribution in [1.29, 1.82) is 0 Å². The van der Waals surface area contributed by atoms with Gasteiger partial charge in [-0.1, -0.05) is 6.92 Å². The van der Waals surface area contributed by atoms with Gasteiger partial charge in [0.05, 0.1) is 7.11 Å². The largest absolute Gasteiger partial charge is 0.497 e. The summed E-state index contributed by atoms with van der Waals surface area (Å²) in [6.07, 6.45) is 5.50. The fourth-order valence-corrected chi connectivity index (χ4v) is 4.26. The number of nitrogens with zero attached hydrogens (tertiary/aromatic N) is 3. The number of methoxy groups -OCH3 is 1. The van der Waals surface area contributed by atoms with E-state index in [-0.39, 0.29) is 11.8 Å². The molecule has 1 aliphatic rings. The number of pyridine rings is 1. The maximum atomic E-state index is 13.0. The van der Waals surface area contributed by atoms with Crippen LogP contribution in [0.2, 0.25) is 0 Å². The summed E-state index contributed by atoms with van der Waals surface area (Å²) in [6.45, 7) is 5.66. The number of nitrogens with one attached hydrogen (secondary N) is 1. The summed E-state index contributed by atoms with van der Waals surface area (Å²) in [4.78, 5) is 21.4. The van der Waals surface area contributed by atoms with E-state index in [4.69, 9.17) is 10.5 Å². The van der Waals surface area contributed by atoms with Gasteiger partial charge in [0.25, 0.3) is 0 Å². The molecule has 7 heteroatoms. The maximum Gasteiger partial charge on any atom is 0.225 e. The standard InChI is InChI=1S/C25H37N5O2/c1-4-21(28-22-5-7-23(32-3)8-6-22)12-14-29(2)25(31)20-10-15-30(16-11-20)18-19-9-13-27-24(26)17-19/h5-9,13,17,20-21,28H,4,10-12,14-16,18H2,1-3H3,(H2,26,27). The second-order valence-electron chi connectivity index (χ2n) is 8.67. The van der Waals surface area contributed by atoms with E-state index in [0.29, 0.717) is 11.9 Å². The summed E-state index contributed by atoms with van der Waals surface area (Å²) in [5.41, 5.74) is 8.04. The van der Waals surface area contributed by atoms with Crippen LogP contribution in [-0.2, 0) is 11.3 Å². The molecule has 0 aliphatic carbocycles. The Balaban J connectivity index is 1.41. The zero-order chi connectivity index (χ0) is 22.9. The number of likely N-dealkylation sites (tertiary alicyclic amines) is 1. The van der Waals surface area contributed by atoms with Gasteiger partial charge in [-0.15, -0.1) is 0 Å². The van der Waals surface area contributed by atoms with Crippen LogP contribution in [0.4, 0.5) is 11.5 Å². The third kappa shape index (κ3) is 6.85. The van der Waals surface area contributed by atoms with Gasteiger partial charge in [-0.05, 0) is 80.7 Å². The van der Waals surface area contributed by atoms with Crippen molar-refractivity contribution in [3.63, 3.8) is 0 Å². The molecule has 0 saturated carbocycles. The molecule has 0 radical (unpaired) electrons. The zero-order valence-corrected chi connectivity index (χ0v) is 19.6. The molecular weight excluding hydrogens is 402 g/mol. The van der Waals surface area contributed by atoms with E-state index in [1.165, 1.54) is 5.56 Å². The molecular formula is C25H37N5O2. The van der Waals surface area contributed by atoms with Crippen LogP contribution in [0.1, 0.15) is 38.2 Å². The first-order chi connectivity index (χ1) is 15.5. The number of anilines is 2. The minimum absolute atomic E-state index is 0.119. The summed E-state index contributed by atoms with van der Waals surface area (Å²) < 4.78 is 5.22. The molecule has 1 aliphatic heterocycles. The molecule has 1 amide bonds. The minimum Gasteiger partial charge on any atom is -0.497 e. The highest BCUT2D eigenvalue weighted by atomic mass is 16.5. The minimum atomic E-state index is 0.119. The lowest BCUT2D eigenvalue weighted by molar-refractivity contribution is -0.135. The highest BCUT2D eigenvalue weighted by molar-refractivity contribution is 5.78. The van der Waals surface area contributed by atoms with Gasteiger partial charge in [0.1, 0.15) is 11.6 Å². The molecule has 1 atom stereocenters. The number of carbonyl (C=O) groups is 1. The van der Waals surface area contributed by atoms with Crippen LogP contribution in [0.25, 0.3) is 0 Å². The molecule has 174 valence electrons. The van der Waals surface area contributed by atoms with E-state index in [2.05, 4.69) is 22.1 Å². The van der Waals surface area contributed by atoms with Crippen molar-refractivity contribution in [2.45, 2.75) is 45.2 Å². The van der Waals surface area contributed by atoms with Gasteiger partial charge >= 0.3 is 0 Å². The van der Waals surface area contributed by atoms with E-state index in [9.17, 15) is 4.79 Å². The van der Waals surface area contributed by atoms with Gasteiger partial charge in [0.2, 0.25) is 5.91 Å². The molecule has 3 N–H and O–H groups in total. The van der Waals surface area contributed by atoms with Crippen molar-refractivity contribution in [3.05, 3.63) is 48.2 Å². The summed E-state index contributed by atoms with van der Waals surface area (Å²) in [5.74, 6) is 1.80. The molecule has 1 fully saturated rings. The van der Waals surface area contributed by atoms with E-state index in [0.717, 1.165) is 63.3 Å². The van der Waals surface area contributed by atoms with Crippen molar-refractivity contribution in [3.8, 4) is 5.75 Å². The Morgan fingerprint density at radius 1 is 1.28 bits per heavy atom. The van der Waals surface area contributed by atoms with Crippen molar-refractivity contribution >= 4 is 17.4 Å². The predicted octanol–water partition coefficient (Wildman–Crippen LogP) is 3.62. The monoisotopic (exact) mass is 439 g/mol. The van der Waals surface area contributed by atoms with Crippen LogP contribution in [0.5, 0.6) is 5.75 Å². The van der Waals surface area contributed by atoms with E-state index in [1.54, 1.807) is 13.3 Å². The lowest BCUT2D eigenvalue weighted by Crippen LogP contribution is -2.42. The fourth-order valence-electron chi connectivity index (χ4n) is 4.26. The van der Waals surface area contributed by atoms with Gasteiger partial charge in [-0.25, -0.2) is 4.98 Å². The zero-order valence-electron chi connectivity index (χ0n) is 19.6. The van der Waals surface area contributed by atoms with Crippen LogP contribution in [-0.4, -0.2) is 60.5 Å². The first kappa shape index (κ1) is 23.9. The Hall–Kier alpha value is -2.80. The van der Waals surface area contributed by atoms with Crippen molar-refractivity contribution in [2.75, 3.05) is 44.8 Å². The maximum absolute atomic E-state index is 13.0. The smallest absolute Gasteiger partial charge is 0.225 e. The van der Waals surface area contributed by atoms with Crippen LogP contribution >= 0.6 is 0 Å². The first-order valence-electron chi connectivity index (χ1n) is 11.6. The Bertz CT molecular complexity index is 850. The quantitative estimate of drug-likeness (QED) is 0.588. The number of ether oxygens (including phenoxy) is 1. The van der Waals surface area contributed by atoms with E-state index >= 15 is 0 Å². The highest BCUT2D eigenvalue weighted by Gasteiger charge is 2.27. The molecule has 1 aromatic carbocycles. The van der Waals surface area contributed by atoms with Gasteiger partial charge in [-0.2, -0.15) is 0 Å². The van der Waals surface area contributed by atoms with Crippen LogP contribution < -0.4 is 15.8 Å². The number of hydrogen-bond donors (Lipinski definition) is 2. The Labute approximate surface area is 191 Å². The van der Waals surface area contributed by atoms with Crippen molar-refractivity contribution < 1.29 is 9.53 Å². The summed E-state index contributed by atoms with van der Waals surface area (Å²) in [7, 11) is 3.61. The Morgan fingerprint density at radius 3 is 2.62 bits per heavy atom. The Morgan fingerprint density at radius 2 is 2.00 bits per heavy atom. The summed E-state index contributed by atoms with van der Waals surface area (Å²) in [5, 5.41) is 3.57. The van der Waals surface area contributed by atoms with E-state index in [1.807, 2.05) is 48.3 Å². The predicted molar refractivity (Wildman–Crippen MR) is 130 cm³/mol. The lowest BCUT2D eigenvalue weighted by Gasteiger charge is -2.33. The van der Waals surface area contributed by atoms with Crippen molar-refractivity contribution in [2.24, 2.45) is 5.92 Å². The van der Waals surface area contributed by atoms with Gasteiger partial charge in [0, 0.05) is 44.0 Å². The first-order valence-corrected chi connectivity index (χ1v) is 11.6. The average molecular weight is 440 g/mol. The molecule has 2 heterocycles. The van der Waals surface area contributed by atoms with Crippen molar-refractivity contribution in [1.82, 2.24) is 14.8 Å². The second-order valence-corrected chi connectivity index (χ2v) is 8.67. The summed E-state index contributed by atoms with van der Waals surface area (Å²) >= 11 is 0. The number of rotatable bonds is 10. The fraction of sp³-hybridized carbons (Fsp3) is 0.520. The third-order valence-electron chi connectivity index (χ3n) is 6.33. The van der Waals surface area contributed by atoms with Gasteiger partial charge in [-0.3, -0.25) is 9.69 Å². The number of aromatic nitrogens is 1. The number of hydrogen-bond acceptors (Lipinski definition) is 6. The summed E-state index contributed by atoms with van der Waals surface area (Å²) in [6, 6.07) is 12.2. The molecule has 1 unspecified atom stereocenters. The number of nitrogen functional groups attached to an aromatic ring is 1.